The first-order valence-corrected chi connectivity index (χ1v) is 10.4. The van der Waals surface area contributed by atoms with Crippen LogP contribution >= 0.6 is 11.8 Å². The second-order valence-corrected chi connectivity index (χ2v) is 7.89. The maximum Gasteiger partial charge on any atom is 0.256 e. The number of nitrogens with one attached hydrogen (secondary N) is 1. The molecule has 0 bridgehead atoms. The van der Waals surface area contributed by atoms with Gasteiger partial charge in [0.25, 0.3) is 5.91 Å². The second-order valence-electron chi connectivity index (χ2n) is 6.84. The molecule has 0 fully saturated rings. The molecule has 29 heavy (non-hydrogen) atoms. The fraction of sp³-hybridized carbons (Fsp3) is 0.167. The summed E-state index contributed by atoms with van der Waals surface area (Å²) in [6.45, 7) is 2.54. The topological polar surface area (TPSA) is 49.4 Å². The zero-order valence-electron chi connectivity index (χ0n) is 16.6. The predicted octanol–water partition coefficient (Wildman–Crippen LogP) is 5.00. The van der Waals surface area contributed by atoms with E-state index in [1.165, 1.54) is 17.3 Å². The Kier molecular flexibility index (Phi) is 7.09. The Morgan fingerprint density at radius 2 is 1.55 bits per heavy atom. The van der Waals surface area contributed by atoms with Crippen LogP contribution in [-0.2, 0) is 11.3 Å². The maximum atomic E-state index is 12.9. The van der Waals surface area contributed by atoms with E-state index in [2.05, 4.69) is 5.32 Å². The Morgan fingerprint density at radius 3 is 2.28 bits per heavy atom. The Balaban J connectivity index is 1.63. The number of amides is 2. The van der Waals surface area contributed by atoms with Gasteiger partial charge in [0.15, 0.2) is 0 Å². The highest BCUT2D eigenvalue weighted by atomic mass is 32.2. The van der Waals surface area contributed by atoms with Gasteiger partial charge in [0, 0.05) is 18.5 Å². The first kappa shape index (κ1) is 20.7. The first-order valence-electron chi connectivity index (χ1n) is 9.40. The maximum absolute atomic E-state index is 12.9. The van der Waals surface area contributed by atoms with E-state index in [9.17, 15) is 9.59 Å². The molecule has 0 heterocycles. The highest BCUT2D eigenvalue weighted by Crippen LogP contribution is 2.21. The minimum absolute atomic E-state index is 0.129. The number of rotatable bonds is 7. The molecule has 2 amide bonds. The Bertz CT molecular complexity index is 972. The molecule has 3 aromatic carbocycles. The summed E-state index contributed by atoms with van der Waals surface area (Å²) in [5.41, 5.74) is 3.26. The fourth-order valence-electron chi connectivity index (χ4n) is 2.88. The Hall–Kier alpha value is -3.05. The van der Waals surface area contributed by atoms with Gasteiger partial charge < -0.3 is 10.2 Å². The van der Waals surface area contributed by atoms with Crippen molar-refractivity contribution in [1.82, 2.24) is 4.90 Å². The van der Waals surface area contributed by atoms with E-state index in [4.69, 9.17) is 0 Å². The first-order chi connectivity index (χ1) is 14.0. The molecule has 0 aromatic heterocycles. The Labute approximate surface area is 175 Å². The van der Waals surface area contributed by atoms with Gasteiger partial charge in [0.2, 0.25) is 5.91 Å². The van der Waals surface area contributed by atoms with Crippen molar-refractivity contribution in [2.45, 2.75) is 18.4 Å². The number of aryl methyl sites for hydroxylation is 1. The van der Waals surface area contributed by atoms with Crippen LogP contribution in [0.4, 0.5) is 5.69 Å². The molecule has 3 aromatic rings. The molecule has 5 heteroatoms. The summed E-state index contributed by atoms with van der Waals surface area (Å²) < 4.78 is 0. The third-order valence-corrected chi connectivity index (χ3v) is 5.44. The van der Waals surface area contributed by atoms with E-state index < -0.39 is 0 Å². The minimum atomic E-state index is -0.137. The molecule has 0 aliphatic carbocycles. The molecule has 1 N–H and O–H groups in total. The van der Waals surface area contributed by atoms with E-state index in [0.717, 1.165) is 10.5 Å². The third kappa shape index (κ3) is 5.96. The Morgan fingerprint density at radius 1 is 0.897 bits per heavy atom. The van der Waals surface area contributed by atoms with Crippen molar-refractivity contribution in [2.24, 2.45) is 0 Å². The standard InChI is InChI=1S/C24H24N2O2S/c1-18-12-14-20(15-13-18)29-17-23(27)25-22-11-7-6-10-21(22)24(28)26(2)16-19-8-4-3-5-9-19/h3-15H,16-17H2,1-2H3,(H,25,27). The van der Waals surface area contributed by atoms with Crippen LogP contribution in [0, 0.1) is 6.92 Å². The summed E-state index contributed by atoms with van der Waals surface area (Å²) in [6, 6.07) is 25.0. The highest BCUT2D eigenvalue weighted by molar-refractivity contribution is 8.00. The molecule has 148 valence electrons. The van der Waals surface area contributed by atoms with Crippen molar-refractivity contribution >= 4 is 29.3 Å². The largest absolute Gasteiger partial charge is 0.337 e. The van der Waals surface area contributed by atoms with Crippen LogP contribution in [0.1, 0.15) is 21.5 Å². The zero-order chi connectivity index (χ0) is 20.6. The van der Waals surface area contributed by atoms with E-state index in [0.29, 0.717) is 17.8 Å². The van der Waals surface area contributed by atoms with Crippen LogP contribution in [0.15, 0.2) is 83.8 Å². The zero-order valence-corrected chi connectivity index (χ0v) is 17.4. The van der Waals surface area contributed by atoms with Crippen LogP contribution in [0.25, 0.3) is 0 Å². The molecule has 0 radical (unpaired) electrons. The number of nitrogens with zero attached hydrogens (tertiary/aromatic N) is 1. The summed E-state index contributed by atoms with van der Waals surface area (Å²) in [5.74, 6) is 0.0170. The lowest BCUT2D eigenvalue weighted by Crippen LogP contribution is -2.27. The van der Waals surface area contributed by atoms with Gasteiger partial charge >= 0.3 is 0 Å². The van der Waals surface area contributed by atoms with Gasteiger partial charge in [-0.2, -0.15) is 0 Å². The minimum Gasteiger partial charge on any atom is -0.337 e. The van der Waals surface area contributed by atoms with Crippen molar-refractivity contribution in [3.63, 3.8) is 0 Å². The van der Waals surface area contributed by atoms with Crippen LogP contribution < -0.4 is 5.32 Å². The number of anilines is 1. The lowest BCUT2D eigenvalue weighted by Gasteiger charge is -2.19. The van der Waals surface area contributed by atoms with Gasteiger partial charge in [-0.25, -0.2) is 0 Å². The summed E-state index contributed by atoms with van der Waals surface area (Å²) in [4.78, 5) is 28.1. The number of carbonyl (C=O) groups is 2. The predicted molar refractivity (Wildman–Crippen MR) is 119 cm³/mol. The van der Waals surface area contributed by atoms with Gasteiger partial charge in [0.1, 0.15) is 0 Å². The molecule has 0 atom stereocenters. The molecule has 0 saturated heterocycles. The van der Waals surface area contributed by atoms with Crippen LogP contribution in [0.2, 0.25) is 0 Å². The number of thioether (sulfide) groups is 1. The van der Waals surface area contributed by atoms with Crippen molar-refractivity contribution in [3.8, 4) is 0 Å². The molecule has 3 rings (SSSR count). The molecule has 0 saturated carbocycles. The number of hydrogen-bond donors (Lipinski definition) is 1. The van der Waals surface area contributed by atoms with Crippen LogP contribution in [0.5, 0.6) is 0 Å². The van der Waals surface area contributed by atoms with Gasteiger partial charge in [-0.1, -0.05) is 60.2 Å². The van der Waals surface area contributed by atoms with Gasteiger partial charge in [-0.3, -0.25) is 9.59 Å². The van der Waals surface area contributed by atoms with Crippen molar-refractivity contribution in [3.05, 3.63) is 95.6 Å². The van der Waals surface area contributed by atoms with Crippen LogP contribution in [0.3, 0.4) is 0 Å². The molecular formula is C24H24N2O2S. The average molecular weight is 405 g/mol. The van der Waals surface area contributed by atoms with Gasteiger partial charge in [-0.05, 0) is 36.8 Å². The lowest BCUT2D eigenvalue weighted by molar-refractivity contribution is -0.113. The van der Waals surface area contributed by atoms with Gasteiger partial charge in [-0.15, -0.1) is 11.8 Å². The molecule has 0 aliphatic heterocycles. The third-order valence-electron chi connectivity index (χ3n) is 4.43. The number of benzene rings is 3. The summed E-state index contributed by atoms with van der Waals surface area (Å²) >= 11 is 1.47. The number of carbonyl (C=O) groups excluding carboxylic acids is 2. The molecular weight excluding hydrogens is 380 g/mol. The van der Waals surface area contributed by atoms with Crippen molar-refractivity contribution in [1.29, 1.82) is 0 Å². The van der Waals surface area contributed by atoms with E-state index >= 15 is 0 Å². The fourth-order valence-corrected chi connectivity index (χ4v) is 3.58. The van der Waals surface area contributed by atoms with Crippen LogP contribution in [-0.4, -0.2) is 29.5 Å². The summed E-state index contributed by atoms with van der Waals surface area (Å²) in [6.07, 6.45) is 0. The monoisotopic (exact) mass is 404 g/mol. The quantitative estimate of drug-likeness (QED) is 0.564. The molecule has 0 spiro atoms. The van der Waals surface area contributed by atoms with Crippen molar-refractivity contribution in [2.75, 3.05) is 18.1 Å². The second kappa shape index (κ2) is 9.94. The normalized spacial score (nSPS) is 10.4. The smallest absolute Gasteiger partial charge is 0.256 e. The molecule has 4 nitrogen and oxygen atoms in total. The van der Waals surface area contributed by atoms with E-state index in [1.54, 1.807) is 30.1 Å². The molecule has 0 unspecified atom stereocenters. The number of hydrogen-bond acceptors (Lipinski definition) is 3. The van der Waals surface area contributed by atoms with Crippen molar-refractivity contribution < 1.29 is 9.59 Å². The SMILES string of the molecule is Cc1ccc(SCC(=O)Nc2ccccc2C(=O)N(C)Cc2ccccc2)cc1. The lowest BCUT2D eigenvalue weighted by atomic mass is 10.1. The van der Waals surface area contributed by atoms with Gasteiger partial charge in [0.05, 0.1) is 17.0 Å². The summed E-state index contributed by atoms with van der Waals surface area (Å²) in [7, 11) is 1.77. The summed E-state index contributed by atoms with van der Waals surface area (Å²) in [5, 5.41) is 2.88. The number of para-hydroxylation sites is 1. The highest BCUT2D eigenvalue weighted by Gasteiger charge is 2.17. The van der Waals surface area contributed by atoms with E-state index in [1.807, 2.05) is 67.6 Å². The van der Waals surface area contributed by atoms with E-state index in [-0.39, 0.29) is 17.6 Å². The molecule has 0 aliphatic rings. The average Bonchev–Trinajstić information content (AvgIpc) is 2.74.